The van der Waals surface area contributed by atoms with Crippen LogP contribution in [0.25, 0.3) is 0 Å². The second-order valence-corrected chi connectivity index (χ2v) is 7.57. The number of para-hydroxylation sites is 1. The molecule has 0 spiro atoms. The standard InChI is InChI=1S/C21H26N4O2/c1-16-13-22-25(14-16)18-9-11-23(12-10-18)21(27)15-24-19-7-3-2-5-17(19)6-4-8-20(24)26/h2-3,5,7,13-14,18H,4,6,8-12,15H2,1H3. The predicted molar refractivity (Wildman–Crippen MR) is 104 cm³/mol. The summed E-state index contributed by atoms with van der Waals surface area (Å²) < 4.78 is 2.02. The third-order valence-corrected chi connectivity index (χ3v) is 5.64. The van der Waals surface area contributed by atoms with Crippen LogP contribution in [0.5, 0.6) is 0 Å². The fourth-order valence-corrected chi connectivity index (χ4v) is 4.11. The third-order valence-electron chi connectivity index (χ3n) is 5.64. The molecule has 1 aromatic carbocycles. The molecule has 0 unspecified atom stereocenters. The van der Waals surface area contributed by atoms with Crippen LogP contribution in [-0.4, -0.2) is 46.1 Å². The number of carbonyl (C=O) groups excluding carboxylic acids is 2. The van der Waals surface area contributed by atoms with Gasteiger partial charge >= 0.3 is 0 Å². The lowest BCUT2D eigenvalue weighted by molar-refractivity contribution is -0.132. The molecule has 27 heavy (non-hydrogen) atoms. The predicted octanol–water partition coefficient (Wildman–Crippen LogP) is 2.72. The van der Waals surface area contributed by atoms with Crippen molar-refractivity contribution in [1.82, 2.24) is 14.7 Å². The molecule has 142 valence electrons. The summed E-state index contributed by atoms with van der Waals surface area (Å²) in [5.41, 5.74) is 3.21. The number of piperidine rings is 1. The van der Waals surface area contributed by atoms with Crippen LogP contribution in [0.3, 0.4) is 0 Å². The van der Waals surface area contributed by atoms with Crippen LogP contribution >= 0.6 is 0 Å². The van der Waals surface area contributed by atoms with E-state index in [0.717, 1.165) is 42.5 Å². The number of fused-ring (bicyclic) bond motifs is 1. The Hall–Kier alpha value is -2.63. The summed E-state index contributed by atoms with van der Waals surface area (Å²) in [6.07, 6.45) is 7.98. The van der Waals surface area contributed by atoms with E-state index in [1.807, 2.05) is 40.9 Å². The summed E-state index contributed by atoms with van der Waals surface area (Å²) in [6, 6.07) is 8.30. The van der Waals surface area contributed by atoms with Gasteiger partial charge in [0, 0.05) is 31.4 Å². The van der Waals surface area contributed by atoms with Crippen molar-refractivity contribution >= 4 is 17.5 Å². The molecule has 1 aromatic heterocycles. The fourth-order valence-electron chi connectivity index (χ4n) is 4.11. The Morgan fingerprint density at radius 3 is 2.70 bits per heavy atom. The largest absolute Gasteiger partial charge is 0.341 e. The number of aryl methyl sites for hydroxylation is 2. The van der Waals surface area contributed by atoms with E-state index in [9.17, 15) is 9.59 Å². The number of anilines is 1. The van der Waals surface area contributed by atoms with Gasteiger partial charge in [0.1, 0.15) is 6.54 Å². The zero-order chi connectivity index (χ0) is 18.8. The van der Waals surface area contributed by atoms with Crippen molar-refractivity contribution in [1.29, 1.82) is 0 Å². The second kappa shape index (κ2) is 7.55. The Labute approximate surface area is 159 Å². The first-order valence-electron chi connectivity index (χ1n) is 9.78. The van der Waals surface area contributed by atoms with Gasteiger partial charge in [0.15, 0.2) is 0 Å². The quantitative estimate of drug-likeness (QED) is 0.839. The summed E-state index contributed by atoms with van der Waals surface area (Å²) in [4.78, 5) is 29.1. The van der Waals surface area contributed by atoms with Crippen molar-refractivity contribution in [3.05, 3.63) is 47.8 Å². The number of likely N-dealkylation sites (tertiary alicyclic amines) is 1. The number of carbonyl (C=O) groups is 2. The zero-order valence-electron chi connectivity index (χ0n) is 15.8. The van der Waals surface area contributed by atoms with E-state index in [1.165, 1.54) is 0 Å². The molecule has 4 rings (SSSR count). The molecule has 6 nitrogen and oxygen atoms in total. The minimum Gasteiger partial charge on any atom is -0.341 e. The van der Waals surface area contributed by atoms with E-state index in [0.29, 0.717) is 25.6 Å². The van der Waals surface area contributed by atoms with E-state index in [1.54, 1.807) is 4.90 Å². The average molecular weight is 366 g/mol. The molecule has 0 bridgehead atoms. The molecular formula is C21H26N4O2. The van der Waals surface area contributed by atoms with Gasteiger partial charge in [-0.25, -0.2) is 0 Å². The van der Waals surface area contributed by atoms with Gasteiger partial charge in [-0.15, -0.1) is 0 Å². The number of benzene rings is 1. The summed E-state index contributed by atoms with van der Waals surface area (Å²) in [6.45, 7) is 3.61. The molecule has 2 amide bonds. The number of rotatable bonds is 3. The number of aromatic nitrogens is 2. The van der Waals surface area contributed by atoms with Gasteiger partial charge in [-0.3, -0.25) is 14.3 Å². The van der Waals surface area contributed by atoms with E-state index in [4.69, 9.17) is 0 Å². The van der Waals surface area contributed by atoms with Crippen molar-refractivity contribution in [2.24, 2.45) is 0 Å². The maximum absolute atomic E-state index is 12.9. The highest BCUT2D eigenvalue weighted by Crippen LogP contribution is 2.27. The Morgan fingerprint density at radius 2 is 1.96 bits per heavy atom. The lowest BCUT2D eigenvalue weighted by Crippen LogP contribution is -2.46. The molecule has 2 aromatic rings. The average Bonchev–Trinajstić information content (AvgIpc) is 3.06. The van der Waals surface area contributed by atoms with Gasteiger partial charge in [0.05, 0.1) is 12.2 Å². The molecule has 2 aliphatic rings. The minimum atomic E-state index is 0.0372. The number of hydrogen-bond donors (Lipinski definition) is 0. The van der Waals surface area contributed by atoms with E-state index in [2.05, 4.69) is 17.4 Å². The van der Waals surface area contributed by atoms with E-state index < -0.39 is 0 Å². The summed E-state index contributed by atoms with van der Waals surface area (Å²) in [5, 5.41) is 4.41. The number of nitrogens with zero attached hydrogens (tertiary/aromatic N) is 4. The van der Waals surface area contributed by atoms with Crippen LogP contribution in [0, 0.1) is 6.92 Å². The first-order chi connectivity index (χ1) is 13.1. The van der Waals surface area contributed by atoms with Crippen LogP contribution in [0.15, 0.2) is 36.7 Å². The minimum absolute atomic E-state index is 0.0372. The molecule has 0 atom stereocenters. The number of hydrogen-bond acceptors (Lipinski definition) is 3. The molecule has 0 aliphatic carbocycles. The van der Waals surface area contributed by atoms with Crippen LogP contribution < -0.4 is 4.90 Å². The van der Waals surface area contributed by atoms with E-state index >= 15 is 0 Å². The highest BCUT2D eigenvalue weighted by molar-refractivity contribution is 5.99. The van der Waals surface area contributed by atoms with Gasteiger partial charge < -0.3 is 9.80 Å². The van der Waals surface area contributed by atoms with Gasteiger partial charge in [-0.1, -0.05) is 18.2 Å². The van der Waals surface area contributed by atoms with Crippen molar-refractivity contribution < 1.29 is 9.59 Å². The van der Waals surface area contributed by atoms with Crippen LogP contribution in [0.1, 0.15) is 42.9 Å². The first-order valence-corrected chi connectivity index (χ1v) is 9.78. The molecule has 1 fully saturated rings. The topological polar surface area (TPSA) is 58.4 Å². The Morgan fingerprint density at radius 1 is 1.19 bits per heavy atom. The summed E-state index contributed by atoms with van der Waals surface area (Å²) >= 11 is 0. The number of amides is 2. The van der Waals surface area contributed by atoms with Crippen molar-refractivity contribution in [2.75, 3.05) is 24.5 Å². The second-order valence-electron chi connectivity index (χ2n) is 7.57. The Kier molecular flexibility index (Phi) is 4.97. The van der Waals surface area contributed by atoms with Crippen LogP contribution in [0.4, 0.5) is 5.69 Å². The highest BCUT2D eigenvalue weighted by Gasteiger charge is 2.29. The third kappa shape index (κ3) is 3.75. The summed E-state index contributed by atoms with van der Waals surface area (Å²) in [5.74, 6) is 0.0883. The van der Waals surface area contributed by atoms with E-state index in [-0.39, 0.29) is 18.4 Å². The van der Waals surface area contributed by atoms with Gasteiger partial charge in [-0.05, 0) is 49.8 Å². The molecule has 0 N–H and O–H groups in total. The smallest absolute Gasteiger partial charge is 0.242 e. The van der Waals surface area contributed by atoms with Crippen LogP contribution in [0.2, 0.25) is 0 Å². The maximum Gasteiger partial charge on any atom is 0.242 e. The molecule has 0 saturated carbocycles. The molecule has 1 saturated heterocycles. The zero-order valence-corrected chi connectivity index (χ0v) is 15.8. The van der Waals surface area contributed by atoms with Crippen molar-refractivity contribution in [2.45, 2.75) is 45.1 Å². The monoisotopic (exact) mass is 366 g/mol. The first kappa shape index (κ1) is 17.8. The maximum atomic E-state index is 12.9. The molecule has 0 radical (unpaired) electrons. The van der Waals surface area contributed by atoms with Gasteiger partial charge in [-0.2, -0.15) is 5.10 Å². The SMILES string of the molecule is Cc1cnn(C2CCN(C(=O)CN3C(=O)CCCc4ccccc43)CC2)c1. The van der Waals surface area contributed by atoms with Gasteiger partial charge in [0.2, 0.25) is 11.8 Å². The van der Waals surface area contributed by atoms with Crippen LogP contribution in [-0.2, 0) is 16.0 Å². The lowest BCUT2D eigenvalue weighted by Gasteiger charge is -2.33. The Balaban J connectivity index is 1.41. The summed E-state index contributed by atoms with van der Waals surface area (Å²) in [7, 11) is 0. The molecule has 3 heterocycles. The lowest BCUT2D eigenvalue weighted by atomic mass is 10.1. The highest BCUT2D eigenvalue weighted by atomic mass is 16.2. The fraction of sp³-hybridized carbons (Fsp3) is 0.476. The molecule has 6 heteroatoms. The van der Waals surface area contributed by atoms with Crippen molar-refractivity contribution in [3.63, 3.8) is 0 Å². The molecule has 2 aliphatic heterocycles. The normalized spacial score (nSPS) is 18.3. The van der Waals surface area contributed by atoms with Crippen molar-refractivity contribution in [3.8, 4) is 0 Å². The van der Waals surface area contributed by atoms with Gasteiger partial charge in [0.25, 0.3) is 0 Å². The Bertz CT molecular complexity index is 836. The molecular weight excluding hydrogens is 340 g/mol.